The average molecular weight is 218 g/mol. The summed E-state index contributed by atoms with van der Waals surface area (Å²) in [6.45, 7) is 3.86. The lowest BCUT2D eigenvalue weighted by Gasteiger charge is -2.03. The molecule has 0 aromatic rings. The van der Waals surface area contributed by atoms with Gasteiger partial charge in [0.2, 0.25) is 0 Å². The molecule has 1 aliphatic rings. The molecule has 0 fully saturated rings. The first-order chi connectivity index (χ1) is 7.70. The van der Waals surface area contributed by atoms with Crippen molar-refractivity contribution < 1.29 is 4.79 Å². The normalized spacial score (nSPS) is 27.6. The highest BCUT2D eigenvalue weighted by molar-refractivity contribution is 5.93. The fourth-order valence-electron chi connectivity index (χ4n) is 1.90. The molecule has 1 rings (SSSR count). The Hall–Kier alpha value is -1.11. The second-order valence-electron chi connectivity index (χ2n) is 4.46. The van der Waals surface area contributed by atoms with Crippen LogP contribution in [0.2, 0.25) is 0 Å². The van der Waals surface area contributed by atoms with Crippen LogP contribution in [-0.2, 0) is 4.79 Å². The summed E-state index contributed by atoms with van der Waals surface area (Å²) >= 11 is 0. The van der Waals surface area contributed by atoms with Gasteiger partial charge in [0.15, 0.2) is 5.78 Å². The van der Waals surface area contributed by atoms with E-state index in [1.807, 2.05) is 0 Å². The highest BCUT2D eigenvalue weighted by Crippen LogP contribution is 2.13. The molecular formula is C15H22O. The van der Waals surface area contributed by atoms with Crippen molar-refractivity contribution in [1.82, 2.24) is 0 Å². The van der Waals surface area contributed by atoms with E-state index in [4.69, 9.17) is 0 Å². The van der Waals surface area contributed by atoms with Crippen LogP contribution in [0.15, 0.2) is 35.5 Å². The lowest BCUT2D eigenvalue weighted by Crippen LogP contribution is -1.96. The molecule has 0 bridgehead atoms. The summed E-state index contributed by atoms with van der Waals surface area (Å²) in [6, 6.07) is 0. The predicted molar refractivity (Wildman–Crippen MR) is 69.4 cm³/mol. The fraction of sp³-hybridized carbons (Fsp3) is 0.533. The summed E-state index contributed by atoms with van der Waals surface area (Å²) in [5.41, 5.74) is 2.46. The van der Waals surface area contributed by atoms with Gasteiger partial charge in [0.25, 0.3) is 0 Å². The van der Waals surface area contributed by atoms with Crippen molar-refractivity contribution in [2.24, 2.45) is 0 Å². The zero-order chi connectivity index (χ0) is 11.8. The zero-order valence-corrected chi connectivity index (χ0v) is 10.5. The van der Waals surface area contributed by atoms with Crippen LogP contribution >= 0.6 is 0 Å². The van der Waals surface area contributed by atoms with Crippen molar-refractivity contribution in [3.63, 3.8) is 0 Å². The first kappa shape index (κ1) is 13.0. The first-order valence-corrected chi connectivity index (χ1v) is 6.20. The lowest BCUT2D eigenvalue weighted by molar-refractivity contribution is -0.113. The Balaban J connectivity index is 2.66. The van der Waals surface area contributed by atoms with E-state index >= 15 is 0 Å². The van der Waals surface area contributed by atoms with Gasteiger partial charge in [0.05, 0.1) is 0 Å². The molecule has 1 aliphatic carbocycles. The summed E-state index contributed by atoms with van der Waals surface area (Å²) in [5, 5.41) is 0. The standard InChI is InChI=1S/C15H22O/c1-13-9-5-3-4-6-11-15(14(2)16)12-8-7-10-13/h3-4,10,12H,5-9,11H2,1-2H3/b4-3+,13-10+,15-12-. The molecule has 0 N–H and O–H groups in total. The second-order valence-corrected chi connectivity index (χ2v) is 4.46. The van der Waals surface area contributed by atoms with Gasteiger partial charge >= 0.3 is 0 Å². The Morgan fingerprint density at radius 1 is 1.00 bits per heavy atom. The van der Waals surface area contributed by atoms with E-state index in [1.54, 1.807) is 6.92 Å². The monoisotopic (exact) mass is 218 g/mol. The molecule has 88 valence electrons. The number of Topliss-reactive ketones (excluding diaryl/α,β-unsaturated/α-hetero) is 1. The molecule has 0 radical (unpaired) electrons. The molecule has 0 amide bonds. The molecular weight excluding hydrogens is 196 g/mol. The molecule has 0 aromatic carbocycles. The molecule has 0 saturated heterocycles. The van der Waals surface area contributed by atoms with Gasteiger partial charge in [0, 0.05) is 0 Å². The molecule has 1 heteroatoms. The first-order valence-electron chi connectivity index (χ1n) is 6.20. The number of carbonyl (C=O) groups excluding carboxylic acids is 1. The second kappa shape index (κ2) is 7.21. The SMILES string of the molecule is CC(=O)/C1=C\CC/C=C(\C)CC/C=C/CC1. The van der Waals surface area contributed by atoms with Crippen molar-refractivity contribution in [1.29, 1.82) is 0 Å². The summed E-state index contributed by atoms with van der Waals surface area (Å²) < 4.78 is 0. The van der Waals surface area contributed by atoms with E-state index in [0.717, 1.165) is 37.7 Å². The van der Waals surface area contributed by atoms with Gasteiger partial charge in [-0.2, -0.15) is 0 Å². The van der Waals surface area contributed by atoms with Crippen LogP contribution in [0.5, 0.6) is 0 Å². The zero-order valence-electron chi connectivity index (χ0n) is 10.5. The van der Waals surface area contributed by atoms with Crippen molar-refractivity contribution in [2.45, 2.75) is 52.4 Å². The van der Waals surface area contributed by atoms with Crippen LogP contribution in [-0.4, -0.2) is 5.78 Å². The van der Waals surface area contributed by atoms with Crippen LogP contribution in [0.3, 0.4) is 0 Å². The Bertz CT molecular complexity index is 318. The minimum absolute atomic E-state index is 0.228. The van der Waals surface area contributed by atoms with Crippen molar-refractivity contribution in [3.8, 4) is 0 Å². The van der Waals surface area contributed by atoms with Crippen LogP contribution < -0.4 is 0 Å². The van der Waals surface area contributed by atoms with Crippen molar-refractivity contribution in [2.75, 3.05) is 0 Å². The molecule has 1 nitrogen and oxygen atoms in total. The summed E-state index contributed by atoms with van der Waals surface area (Å²) in [4.78, 5) is 11.4. The number of rotatable bonds is 1. The van der Waals surface area contributed by atoms with Gasteiger partial charge < -0.3 is 0 Å². The van der Waals surface area contributed by atoms with E-state index in [1.165, 1.54) is 12.0 Å². The Kier molecular flexibility index (Phi) is 5.84. The molecule has 0 aliphatic heterocycles. The number of ketones is 1. The quantitative estimate of drug-likeness (QED) is 0.598. The summed E-state index contributed by atoms with van der Waals surface area (Å²) in [6.07, 6.45) is 15.1. The molecule has 0 aromatic heterocycles. The third kappa shape index (κ3) is 5.11. The Labute approximate surface area is 98.9 Å². The van der Waals surface area contributed by atoms with E-state index in [-0.39, 0.29) is 5.78 Å². The maximum Gasteiger partial charge on any atom is 0.155 e. The van der Waals surface area contributed by atoms with Gasteiger partial charge in [0.1, 0.15) is 0 Å². The van der Waals surface area contributed by atoms with Crippen LogP contribution in [0.25, 0.3) is 0 Å². The average Bonchev–Trinajstić information content (AvgIpc) is 2.22. The van der Waals surface area contributed by atoms with Crippen LogP contribution in [0, 0.1) is 0 Å². The fourth-order valence-corrected chi connectivity index (χ4v) is 1.90. The van der Waals surface area contributed by atoms with Crippen LogP contribution in [0.1, 0.15) is 52.4 Å². The van der Waals surface area contributed by atoms with Crippen molar-refractivity contribution >= 4 is 5.78 Å². The Morgan fingerprint density at radius 3 is 2.31 bits per heavy atom. The molecule has 0 spiro atoms. The molecule has 0 unspecified atom stereocenters. The molecule has 0 saturated carbocycles. The third-order valence-corrected chi connectivity index (χ3v) is 2.95. The van der Waals surface area contributed by atoms with E-state index in [9.17, 15) is 4.79 Å². The summed E-state index contributed by atoms with van der Waals surface area (Å²) in [7, 11) is 0. The van der Waals surface area contributed by atoms with Gasteiger partial charge in [-0.15, -0.1) is 0 Å². The van der Waals surface area contributed by atoms with Gasteiger partial charge in [-0.25, -0.2) is 0 Å². The maximum atomic E-state index is 11.4. The van der Waals surface area contributed by atoms with Crippen molar-refractivity contribution in [3.05, 3.63) is 35.5 Å². The number of hydrogen-bond acceptors (Lipinski definition) is 1. The molecule has 16 heavy (non-hydrogen) atoms. The number of hydrogen-bond donors (Lipinski definition) is 0. The predicted octanol–water partition coefficient (Wildman–Crippen LogP) is 4.36. The van der Waals surface area contributed by atoms with Gasteiger partial charge in [-0.05, 0) is 57.9 Å². The largest absolute Gasteiger partial charge is 0.295 e. The van der Waals surface area contributed by atoms with Crippen LogP contribution in [0.4, 0.5) is 0 Å². The minimum atomic E-state index is 0.228. The highest BCUT2D eigenvalue weighted by atomic mass is 16.1. The summed E-state index contributed by atoms with van der Waals surface area (Å²) in [5.74, 6) is 0.228. The van der Waals surface area contributed by atoms with Gasteiger partial charge in [-0.3, -0.25) is 4.79 Å². The van der Waals surface area contributed by atoms with Gasteiger partial charge in [-0.1, -0.05) is 29.9 Å². The maximum absolute atomic E-state index is 11.4. The highest BCUT2D eigenvalue weighted by Gasteiger charge is 2.02. The number of carbonyl (C=O) groups is 1. The smallest absolute Gasteiger partial charge is 0.155 e. The third-order valence-electron chi connectivity index (χ3n) is 2.95. The molecule has 0 atom stereocenters. The molecule has 0 heterocycles. The topological polar surface area (TPSA) is 17.1 Å². The lowest BCUT2D eigenvalue weighted by atomic mass is 10.0. The van der Waals surface area contributed by atoms with E-state index in [2.05, 4.69) is 31.2 Å². The minimum Gasteiger partial charge on any atom is -0.295 e. The van der Waals surface area contributed by atoms with E-state index < -0.39 is 0 Å². The number of allylic oxidation sites excluding steroid dienone is 6. The Morgan fingerprint density at radius 2 is 1.62 bits per heavy atom. The van der Waals surface area contributed by atoms with E-state index in [0.29, 0.717) is 0 Å².